The lowest BCUT2D eigenvalue weighted by Gasteiger charge is -2.28. The number of hydroxylamine groups is 1. The van der Waals surface area contributed by atoms with Crippen LogP contribution in [0.15, 0.2) is 30.3 Å². The number of esters is 1. The quantitative estimate of drug-likeness (QED) is 0.857. The third kappa shape index (κ3) is 2.51. The lowest BCUT2D eigenvalue weighted by Crippen LogP contribution is -2.44. The lowest BCUT2D eigenvalue weighted by molar-refractivity contribution is -0.198. The van der Waals surface area contributed by atoms with Crippen LogP contribution in [0.25, 0.3) is 0 Å². The Balaban J connectivity index is 2.42. The fraction of sp³-hybridized carbons (Fsp3) is 0.533. The summed E-state index contributed by atoms with van der Waals surface area (Å²) in [4.78, 5) is 17.7. The minimum absolute atomic E-state index is 0.105. The van der Waals surface area contributed by atoms with Crippen molar-refractivity contribution in [3.05, 3.63) is 30.3 Å². The Morgan fingerprint density at radius 3 is 2.50 bits per heavy atom. The molecular weight excluding hydrogens is 258 g/mol. The highest BCUT2D eigenvalue weighted by Gasteiger charge is 2.56. The molecule has 1 heterocycles. The molecule has 0 aromatic heterocycles. The average molecular weight is 279 g/mol. The first-order chi connectivity index (χ1) is 9.38. The number of methoxy groups -OCH3 is 1. The molecule has 1 aliphatic heterocycles. The molecule has 0 amide bonds. The molecule has 0 radical (unpaired) electrons. The van der Waals surface area contributed by atoms with Crippen LogP contribution in [0.5, 0.6) is 0 Å². The van der Waals surface area contributed by atoms with E-state index in [1.54, 1.807) is 5.06 Å². The molecule has 5 nitrogen and oxygen atoms in total. The number of carbonyl (C=O) groups excluding carboxylic acids is 1. The average Bonchev–Trinajstić information content (AvgIpc) is 2.71. The van der Waals surface area contributed by atoms with Gasteiger partial charge in [0.2, 0.25) is 5.79 Å². The third-order valence-corrected chi connectivity index (χ3v) is 3.62. The van der Waals surface area contributed by atoms with Gasteiger partial charge in [0.05, 0.1) is 18.8 Å². The lowest BCUT2D eigenvalue weighted by atomic mass is 9.86. The maximum absolute atomic E-state index is 12.0. The molecule has 0 saturated carbocycles. The van der Waals surface area contributed by atoms with E-state index in [1.807, 2.05) is 44.2 Å². The molecule has 1 saturated heterocycles. The minimum Gasteiger partial charge on any atom is -0.469 e. The first kappa shape index (κ1) is 14.8. The van der Waals surface area contributed by atoms with Crippen LogP contribution in [-0.4, -0.2) is 30.0 Å². The van der Waals surface area contributed by atoms with Gasteiger partial charge >= 0.3 is 5.97 Å². The maximum Gasteiger partial charge on any atom is 0.316 e. The van der Waals surface area contributed by atoms with Gasteiger partial charge in [-0.1, -0.05) is 32.0 Å². The van der Waals surface area contributed by atoms with Crippen LogP contribution in [-0.2, 0) is 14.4 Å². The molecule has 3 atom stereocenters. The number of anilines is 1. The SMILES string of the molecule is COC(=O)[C@H]1[C@H](C(C)C)N(c2ccccc2)O[C@@]1(C)O. The van der Waals surface area contributed by atoms with Gasteiger partial charge in [0.25, 0.3) is 0 Å². The summed E-state index contributed by atoms with van der Waals surface area (Å²) in [5, 5.41) is 12.1. The van der Waals surface area contributed by atoms with Crippen molar-refractivity contribution < 1.29 is 19.5 Å². The number of nitrogens with zero attached hydrogens (tertiary/aromatic N) is 1. The highest BCUT2D eigenvalue weighted by Crippen LogP contribution is 2.41. The van der Waals surface area contributed by atoms with E-state index in [1.165, 1.54) is 14.0 Å². The number of para-hydroxylation sites is 1. The zero-order chi connectivity index (χ0) is 14.9. The van der Waals surface area contributed by atoms with E-state index < -0.39 is 17.7 Å². The zero-order valence-corrected chi connectivity index (χ0v) is 12.2. The Hall–Kier alpha value is -1.59. The fourth-order valence-corrected chi connectivity index (χ4v) is 2.71. The first-order valence-electron chi connectivity index (χ1n) is 6.72. The minimum atomic E-state index is -1.59. The van der Waals surface area contributed by atoms with Crippen molar-refractivity contribution in [1.82, 2.24) is 0 Å². The number of rotatable bonds is 3. The number of hydrogen-bond acceptors (Lipinski definition) is 5. The van der Waals surface area contributed by atoms with Gasteiger partial charge in [-0.2, -0.15) is 0 Å². The Bertz CT molecular complexity index is 472. The van der Waals surface area contributed by atoms with Gasteiger partial charge in [-0.25, -0.2) is 9.90 Å². The predicted octanol–water partition coefficient (Wildman–Crippen LogP) is 1.96. The van der Waals surface area contributed by atoms with E-state index in [9.17, 15) is 9.90 Å². The van der Waals surface area contributed by atoms with E-state index >= 15 is 0 Å². The smallest absolute Gasteiger partial charge is 0.316 e. The zero-order valence-electron chi connectivity index (χ0n) is 12.2. The molecule has 1 aliphatic rings. The topological polar surface area (TPSA) is 59.0 Å². The molecule has 1 aromatic carbocycles. The van der Waals surface area contributed by atoms with Gasteiger partial charge in [-0.15, -0.1) is 0 Å². The number of aliphatic hydroxyl groups is 1. The van der Waals surface area contributed by atoms with E-state index in [2.05, 4.69) is 0 Å². The van der Waals surface area contributed by atoms with Crippen LogP contribution in [0, 0.1) is 11.8 Å². The number of carbonyl (C=O) groups is 1. The second kappa shape index (κ2) is 5.42. The largest absolute Gasteiger partial charge is 0.469 e. The van der Waals surface area contributed by atoms with Gasteiger partial charge in [0.1, 0.15) is 5.92 Å². The van der Waals surface area contributed by atoms with Gasteiger partial charge < -0.3 is 9.84 Å². The summed E-state index contributed by atoms with van der Waals surface area (Å²) >= 11 is 0. The summed E-state index contributed by atoms with van der Waals surface area (Å²) in [6.45, 7) is 5.47. The molecule has 0 spiro atoms. The van der Waals surface area contributed by atoms with Gasteiger partial charge in [0.15, 0.2) is 0 Å². The summed E-state index contributed by atoms with van der Waals surface area (Å²) < 4.78 is 4.83. The number of benzene rings is 1. The van der Waals surface area contributed by atoms with Crippen molar-refractivity contribution in [3.8, 4) is 0 Å². The Labute approximate surface area is 119 Å². The fourth-order valence-electron chi connectivity index (χ4n) is 2.71. The Kier molecular flexibility index (Phi) is 4.01. The van der Waals surface area contributed by atoms with Crippen molar-refractivity contribution in [3.63, 3.8) is 0 Å². The van der Waals surface area contributed by atoms with Gasteiger partial charge in [0, 0.05) is 0 Å². The summed E-state index contributed by atoms with van der Waals surface area (Å²) in [6.07, 6.45) is 0. The molecule has 20 heavy (non-hydrogen) atoms. The third-order valence-electron chi connectivity index (χ3n) is 3.62. The van der Waals surface area contributed by atoms with Crippen LogP contribution in [0.3, 0.4) is 0 Å². The van der Waals surface area contributed by atoms with Crippen LogP contribution in [0.2, 0.25) is 0 Å². The van der Waals surface area contributed by atoms with Gasteiger partial charge in [-0.3, -0.25) is 4.79 Å². The standard InChI is InChI=1S/C15H21NO4/c1-10(2)13-12(14(17)19-4)15(3,18)20-16(13)11-8-6-5-7-9-11/h5-10,12-13,18H,1-4H3/t12-,13+,15-/m1/s1. The molecule has 110 valence electrons. The van der Waals surface area contributed by atoms with Crippen molar-refractivity contribution in [2.24, 2.45) is 11.8 Å². The molecule has 0 aliphatic carbocycles. The normalized spacial score (nSPS) is 29.8. The summed E-state index contributed by atoms with van der Waals surface area (Å²) in [6, 6.07) is 9.14. The summed E-state index contributed by atoms with van der Waals surface area (Å²) in [5.74, 6) is -2.70. The van der Waals surface area contributed by atoms with Crippen molar-refractivity contribution in [1.29, 1.82) is 0 Å². The van der Waals surface area contributed by atoms with Crippen molar-refractivity contribution in [2.45, 2.75) is 32.6 Å². The molecule has 0 bridgehead atoms. The van der Waals surface area contributed by atoms with Crippen molar-refractivity contribution in [2.75, 3.05) is 12.2 Å². The van der Waals surface area contributed by atoms with Crippen LogP contribution < -0.4 is 5.06 Å². The van der Waals surface area contributed by atoms with Gasteiger partial charge in [-0.05, 0) is 25.0 Å². The second-order valence-electron chi connectivity index (χ2n) is 5.54. The molecular formula is C15H21NO4. The Morgan fingerprint density at radius 2 is 2.00 bits per heavy atom. The highest BCUT2D eigenvalue weighted by atomic mass is 16.8. The van der Waals surface area contributed by atoms with Crippen molar-refractivity contribution >= 4 is 11.7 Å². The Morgan fingerprint density at radius 1 is 1.40 bits per heavy atom. The summed E-state index contributed by atoms with van der Waals surface area (Å²) in [5.41, 5.74) is 0.804. The molecule has 1 N–H and O–H groups in total. The second-order valence-corrected chi connectivity index (χ2v) is 5.54. The van der Waals surface area contributed by atoms with Crippen LogP contribution in [0.1, 0.15) is 20.8 Å². The maximum atomic E-state index is 12.0. The molecule has 1 fully saturated rings. The van der Waals surface area contributed by atoms with Crippen LogP contribution >= 0.6 is 0 Å². The molecule has 5 heteroatoms. The molecule has 1 aromatic rings. The van der Waals surface area contributed by atoms with E-state index in [-0.39, 0.29) is 12.0 Å². The van der Waals surface area contributed by atoms with E-state index in [0.717, 1.165) is 5.69 Å². The number of ether oxygens (including phenoxy) is 1. The highest BCUT2D eigenvalue weighted by molar-refractivity contribution is 5.76. The van der Waals surface area contributed by atoms with E-state index in [4.69, 9.17) is 9.57 Å². The predicted molar refractivity (Wildman–Crippen MR) is 74.8 cm³/mol. The first-order valence-corrected chi connectivity index (χ1v) is 6.72. The molecule has 2 rings (SSSR count). The molecule has 0 unspecified atom stereocenters. The van der Waals surface area contributed by atoms with E-state index in [0.29, 0.717) is 0 Å². The number of hydrogen-bond donors (Lipinski definition) is 1. The monoisotopic (exact) mass is 279 g/mol. The van der Waals surface area contributed by atoms with Crippen LogP contribution in [0.4, 0.5) is 5.69 Å². The summed E-state index contributed by atoms with van der Waals surface area (Å²) in [7, 11) is 1.32.